The Balaban J connectivity index is 0.918. The number of ether oxygens (including phenoxy) is 2. The van der Waals surface area contributed by atoms with Crippen molar-refractivity contribution in [3.8, 4) is 78.6 Å². The van der Waals surface area contributed by atoms with E-state index in [9.17, 15) is 0 Å². The zero-order valence-electron chi connectivity index (χ0n) is 29.1. The van der Waals surface area contributed by atoms with Crippen LogP contribution < -0.4 is 9.47 Å². The fraction of sp³-hybridized carbons (Fsp3) is 0. The fourth-order valence-corrected chi connectivity index (χ4v) is 8.84. The second-order valence-corrected chi connectivity index (χ2v) is 14.4. The standard InChI is InChI=1S/C52H30O2/c1-3-9-33-27-37(17-15-31(33)7-1)39-23-25-45-41-21-19-35(29-49(41)53-47-13-5-11-43(39)51(45)47)36-20-22-42-46-26-24-40(38-18-16-32-8-2-4-10-34(32)28-38)44-12-6-14-48(52(44)46)54-50(42)30-36/h1-30H. The molecule has 2 heteroatoms. The highest BCUT2D eigenvalue weighted by atomic mass is 16.5. The molecule has 0 fully saturated rings. The van der Waals surface area contributed by atoms with Gasteiger partial charge in [0.05, 0.1) is 0 Å². The van der Waals surface area contributed by atoms with Gasteiger partial charge in [-0.15, -0.1) is 0 Å². The summed E-state index contributed by atoms with van der Waals surface area (Å²) in [6, 6.07) is 65.5. The van der Waals surface area contributed by atoms with Crippen LogP contribution in [0.15, 0.2) is 182 Å². The normalized spacial score (nSPS) is 12.4. The summed E-state index contributed by atoms with van der Waals surface area (Å²) in [5, 5.41) is 9.67. The molecule has 2 aliphatic rings. The zero-order valence-corrected chi connectivity index (χ0v) is 29.1. The van der Waals surface area contributed by atoms with E-state index in [1.54, 1.807) is 0 Å². The van der Waals surface area contributed by atoms with Gasteiger partial charge in [0, 0.05) is 21.9 Å². The van der Waals surface area contributed by atoms with Crippen molar-refractivity contribution in [3.05, 3.63) is 182 Å². The number of rotatable bonds is 3. The Morgan fingerprint density at radius 3 is 1.13 bits per heavy atom. The van der Waals surface area contributed by atoms with E-state index in [1.807, 2.05) is 0 Å². The highest BCUT2D eigenvalue weighted by molar-refractivity contribution is 6.12. The lowest BCUT2D eigenvalue weighted by atomic mass is 9.87. The summed E-state index contributed by atoms with van der Waals surface area (Å²) in [4.78, 5) is 0. The maximum absolute atomic E-state index is 6.71. The molecule has 0 saturated heterocycles. The van der Waals surface area contributed by atoms with E-state index in [0.29, 0.717) is 0 Å². The molecule has 0 saturated carbocycles. The molecular formula is C52H30O2. The van der Waals surface area contributed by atoms with Crippen LogP contribution in [-0.4, -0.2) is 0 Å². The van der Waals surface area contributed by atoms with Crippen LogP contribution in [0.1, 0.15) is 0 Å². The fourth-order valence-electron chi connectivity index (χ4n) is 8.84. The van der Waals surface area contributed by atoms with E-state index in [2.05, 4.69) is 182 Å². The Kier molecular flexibility index (Phi) is 6.09. The molecule has 0 atom stereocenters. The van der Waals surface area contributed by atoms with Gasteiger partial charge in [0.1, 0.15) is 23.0 Å². The smallest absolute Gasteiger partial charge is 0.135 e. The average Bonchev–Trinajstić information content (AvgIpc) is 3.23. The molecule has 0 N–H and O–H groups in total. The van der Waals surface area contributed by atoms with Crippen LogP contribution in [0.5, 0.6) is 23.0 Å². The minimum Gasteiger partial charge on any atom is -0.456 e. The van der Waals surface area contributed by atoms with Crippen molar-refractivity contribution in [2.75, 3.05) is 0 Å². The molecular weight excluding hydrogens is 657 g/mol. The second-order valence-electron chi connectivity index (χ2n) is 14.4. The van der Waals surface area contributed by atoms with E-state index in [-0.39, 0.29) is 0 Å². The van der Waals surface area contributed by atoms with Crippen molar-refractivity contribution in [1.29, 1.82) is 0 Å². The number of hydrogen-bond donors (Lipinski definition) is 0. The second kappa shape index (κ2) is 11.2. The lowest BCUT2D eigenvalue weighted by molar-refractivity contribution is 0.486. The Hall–Kier alpha value is -7.16. The Morgan fingerprint density at radius 1 is 0.241 bits per heavy atom. The van der Waals surface area contributed by atoms with Gasteiger partial charge in [-0.25, -0.2) is 0 Å². The van der Waals surface area contributed by atoms with Gasteiger partial charge in [0.2, 0.25) is 0 Å². The first kappa shape index (κ1) is 29.4. The van der Waals surface area contributed by atoms with Crippen LogP contribution in [-0.2, 0) is 0 Å². The van der Waals surface area contributed by atoms with Gasteiger partial charge in [-0.2, -0.15) is 0 Å². The molecule has 54 heavy (non-hydrogen) atoms. The third kappa shape index (κ3) is 4.34. The quantitative estimate of drug-likeness (QED) is 0.184. The Labute approximate surface area is 312 Å². The van der Waals surface area contributed by atoms with Crippen LogP contribution in [0.2, 0.25) is 0 Å². The Bertz CT molecular complexity index is 3010. The zero-order chi connectivity index (χ0) is 35.3. The minimum atomic E-state index is 0.862. The molecule has 12 rings (SSSR count). The van der Waals surface area contributed by atoms with Crippen LogP contribution >= 0.6 is 0 Å². The third-order valence-corrected chi connectivity index (χ3v) is 11.4. The van der Waals surface area contributed by atoms with Gasteiger partial charge in [0.25, 0.3) is 0 Å². The molecule has 10 aromatic carbocycles. The van der Waals surface area contributed by atoms with Crippen molar-refractivity contribution < 1.29 is 9.47 Å². The highest BCUT2D eigenvalue weighted by Gasteiger charge is 2.25. The van der Waals surface area contributed by atoms with E-state index in [0.717, 1.165) is 56.0 Å². The first-order valence-corrected chi connectivity index (χ1v) is 18.5. The van der Waals surface area contributed by atoms with Gasteiger partial charge in [0.15, 0.2) is 0 Å². The molecule has 250 valence electrons. The van der Waals surface area contributed by atoms with Crippen molar-refractivity contribution in [2.24, 2.45) is 0 Å². The summed E-state index contributed by atoms with van der Waals surface area (Å²) < 4.78 is 13.4. The van der Waals surface area contributed by atoms with Gasteiger partial charge < -0.3 is 9.47 Å². The molecule has 2 aliphatic heterocycles. The van der Waals surface area contributed by atoms with E-state index in [1.165, 1.54) is 65.7 Å². The third-order valence-electron chi connectivity index (χ3n) is 11.4. The summed E-state index contributed by atoms with van der Waals surface area (Å²) in [6.07, 6.45) is 0. The number of fused-ring (bicyclic) bond motifs is 6. The monoisotopic (exact) mass is 686 g/mol. The van der Waals surface area contributed by atoms with Crippen molar-refractivity contribution in [2.45, 2.75) is 0 Å². The first-order valence-electron chi connectivity index (χ1n) is 18.5. The molecule has 2 heterocycles. The van der Waals surface area contributed by atoms with Gasteiger partial charge in [-0.05, 0) is 125 Å². The van der Waals surface area contributed by atoms with Crippen molar-refractivity contribution in [1.82, 2.24) is 0 Å². The molecule has 0 aromatic heterocycles. The van der Waals surface area contributed by atoms with E-state index in [4.69, 9.17) is 9.47 Å². The number of hydrogen-bond acceptors (Lipinski definition) is 2. The van der Waals surface area contributed by atoms with Crippen molar-refractivity contribution in [3.63, 3.8) is 0 Å². The lowest BCUT2D eigenvalue weighted by Gasteiger charge is -2.24. The molecule has 0 aliphatic carbocycles. The largest absolute Gasteiger partial charge is 0.456 e. The van der Waals surface area contributed by atoms with E-state index < -0.39 is 0 Å². The summed E-state index contributed by atoms with van der Waals surface area (Å²) in [7, 11) is 0. The van der Waals surface area contributed by atoms with Crippen LogP contribution in [0.4, 0.5) is 0 Å². The predicted molar refractivity (Wildman–Crippen MR) is 224 cm³/mol. The summed E-state index contributed by atoms with van der Waals surface area (Å²) >= 11 is 0. The number of benzene rings is 10. The average molecular weight is 687 g/mol. The van der Waals surface area contributed by atoms with E-state index >= 15 is 0 Å². The maximum atomic E-state index is 6.71. The molecule has 0 amide bonds. The summed E-state index contributed by atoms with van der Waals surface area (Å²) in [5.41, 5.74) is 11.6. The maximum Gasteiger partial charge on any atom is 0.135 e. The van der Waals surface area contributed by atoms with Gasteiger partial charge in [-0.1, -0.05) is 133 Å². The Morgan fingerprint density at radius 2 is 0.648 bits per heavy atom. The van der Waals surface area contributed by atoms with Gasteiger partial charge in [-0.3, -0.25) is 0 Å². The molecule has 10 aromatic rings. The topological polar surface area (TPSA) is 18.5 Å². The van der Waals surface area contributed by atoms with Crippen molar-refractivity contribution >= 4 is 43.1 Å². The molecule has 0 unspecified atom stereocenters. The molecule has 0 bridgehead atoms. The minimum absolute atomic E-state index is 0.862. The van der Waals surface area contributed by atoms with Crippen LogP contribution in [0.3, 0.4) is 0 Å². The highest BCUT2D eigenvalue weighted by Crippen LogP contribution is 2.52. The summed E-state index contributed by atoms with van der Waals surface area (Å²) in [5.74, 6) is 3.49. The van der Waals surface area contributed by atoms with Gasteiger partial charge >= 0.3 is 0 Å². The SMILES string of the molecule is c1ccc2cc(-c3ccc4c5c(cccc35)Oc3cc(-c5ccc6c(c5)Oc5cccc7c(-c8ccc9ccccc9c8)ccc-6c57)ccc3-4)ccc2c1. The predicted octanol–water partition coefficient (Wildman–Crippen LogP) is 14.8. The summed E-state index contributed by atoms with van der Waals surface area (Å²) in [6.45, 7) is 0. The molecule has 0 radical (unpaired) electrons. The lowest BCUT2D eigenvalue weighted by Crippen LogP contribution is -1.99. The van der Waals surface area contributed by atoms with Crippen LogP contribution in [0, 0.1) is 0 Å². The molecule has 0 spiro atoms. The molecule has 2 nitrogen and oxygen atoms in total. The first-order chi connectivity index (χ1) is 26.7. The van der Waals surface area contributed by atoms with Crippen LogP contribution in [0.25, 0.3) is 98.7 Å².